The monoisotopic (exact) mass is 791 g/mol. The minimum absolute atomic E-state index is 0.0570. The van der Waals surface area contributed by atoms with E-state index in [9.17, 15) is 38.4 Å². The van der Waals surface area contributed by atoms with Gasteiger partial charge in [-0.1, -0.05) is 61.8 Å². The number of fused-ring (bicyclic) bond motifs is 2. The van der Waals surface area contributed by atoms with Crippen LogP contribution in [-0.2, 0) is 43.1 Å². The van der Waals surface area contributed by atoms with E-state index in [4.69, 9.17) is 4.74 Å². The van der Waals surface area contributed by atoms with E-state index in [-0.39, 0.29) is 37.0 Å². The summed E-state index contributed by atoms with van der Waals surface area (Å²) in [4.78, 5) is 110. The highest BCUT2D eigenvalue weighted by atomic mass is 16.5. The Morgan fingerprint density at radius 3 is 1.89 bits per heavy atom. The molecule has 3 rings (SSSR count). The standard InChI is InChI=1S/C38H65N9O9/c1-10-23(8)30(39-19-48)34(51)45-31-24(9)56-38(55)28-14-12-16-41-47(28)36(53)26(18-21(4)5)43-33(50)27-13-11-15-40-46(27)37(54)29(22(6)7)44-32(49)25(17-20(2)3)42-35(31)52/h19-31,40-41H,10-18H2,1-9H3,(H,39,48)(H,42,52)(H,43,50)(H,44,49)(H,45,51)/t23-,24-,25+,26+,27-,28+,29-,30-,31+/m0/s1. The molecule has 316 valence electrons. The van der Waals surface area contributed by atoms with Crippen LogP contribution in [0.4, 0.5) is 0 Å². The highest BCUT2D eigenvalue weighted by molar-refractivity contribution is 5.97. The molecule has 3 aliphatic heterocycles. The summed E-state index contributed by atoms with van der Waals surface area (Å²) in [6.45, 7) is 16.7. The first-order chi connectivity index (χ1) is 26.4. The Bertz CT molecular complexity index is 1430. The summed E-state index contributed by atoms with van der Waals surface area (Å²) in [5.41, 5.74) is 6.02. The van der Waals surface area contributed by atoms with E-state index in [2.05, 4.69) is 37.4 Å². The van der Waals surface area contributed by atoms with Crippen molar-refractivity contribution in [2.45, 2.75) is 156 Å². The number of cyclic esters (lactones) is 1. The van der Waals surface area contributed by atoms with Crippen molar-refractivity contribution in [3.63, 3.8) is 0 Å². The van der Waals surface area contributed by atoms with E-state index >= 15 is 0 Å². The number of carbonyl (C=O) groups is 8. The maximum Gasteiger partial charge on any atom is 0.330 e. The average molecular weight is 792 g/mol. The normalized spacial score (nSPS) is 28.8. The maximum atomic E-state index is 14.3. The number of esters is 1. The first-order valence-corrected chi connectivity index (χ1v) is 20.2. The fourth-order valence-corrected chi connectivity index (χ4v) is 7.19. The largest absolute Gasteiger partial charge is 0.458 e. The topological polar surface area (TPSA) is 236 Å². The van der Waals surface area contributed by atoms with Gasteiger partial charge in [-0.3, -0.25) is 43.6 Å². The second-order valence-electron chi connectivity index (χ2n) is 16.4. The Morgan fingerprint density at radius 1 is 0.786 bits per heavy atom. The van der Waals surface area contributed by atoms with Gasteiger partial charge in [0.25, 0.3) is 11.8 Å². The van der Waals surface area contributed by atoms with E-state index in [1.54, 1.807) is 20.8 Å². The average Bonchev–Trinajstić information content (AvgIpc) is 3.15. The third-order valence-corrected chi connectivity index (χ3v) is 10.5. The van der Waals surface area contributed by atoms with Gasteiger partial charge in [-0.15, -0.1) is 0 Å². The summed E-state index contributed by atoms with van der Waals surface area (Å²) in [6, 6.07) is -8.15. The van der Waals surface area contributed by atoms with Gasteiger partial charge in [-0.2, -0.15) is 0 Å². The third-order valence-electron chi connectivity index (χ3n) is 10.5. The van der Waals surface area contributed by atoms with Gasteiger partial charge in [0.05, 0.1) is 0 Å². The molecule has 0 aliphatic carbocycles. The van der Waals surface area contributed by atoms with Gasteiger partial charge in [-0.05, 0) is 69.1 Å². The van der Waals surface area contributed by atoms with Crippen molar-refractivity contribution in [1.29, 1.82) is 0 Å². The number of hydrogen-bond acceptors (Lipinski definition) is 11. The van der Waals surface area contributed by atoms with Gasteiger partial charge in [0.1, 0.15) is 48.4 Å². The molecule has 3 heterocycles. The number of amides is 7. The fraction of sp³-hybridized carbons (Fsp3) is 0.789. The van der Waals surface area contributed by atoms with E-state index < -0.39 is 95.7 Å². The summed E-state index contributed by atoms with van der Waals surface area (Å²) < 4.78 is 5.87. The lowest BCUT2D eigenvalue weighted by molar-refractivity contribution is -0.167. The second kappa shape index (κ2) is 21.3. The van der Waals surface area contributed by atoms with Crippen LogP contribution in [0.25, 0.3) is 0 Å². The van der Waals surface area contributed by atoms with E-state index in [0.29, 0.717) is 45.2 Å². The highest BCUT2D eigenvalue weighted by Gasteiger charge is 2.44. The van der Waals surface area contributed by atoms with Crippen LogP contribution in [0.15, 0.2) is 0 Å². The van der Waals surface area contributed by atoms with Crippen LogP contribution in [0, 0.1) is 23.7 Å². The zero-order valence-electron chi connectivity index (χ0n) is 34.4. The van der Waals surface area contributed by atoms with E-state index in [1.165, 1.54) is 16.9 Å². The second-order valence-corrected chi connectivity index (χ2v) is 16.4. The van der Waals surface area contributed by atoms with Crippen molar-refractivity contribution in [2.24, 2.45) is 23.7 Å². The Labute approximate surface area is 330 Å². The smallest absolute Gasteiger partial charge is 0.330 e. The molecule has 56 heavy (non-hydrogen) atoms. The predicted molar refractivity (Wildman–Crippen MR) is 205 cm³/mol. The molecular weight excluding hydrogens is 726 g/mol. The first kappa shape index (κ1) is 46.1. The van der Waals surface area contributed by atoms with Crippen molar-refractivity contribution in [3.8, 4) is 0 Å². The van der Waals surface area contributed by atoms with Crippen LogP contribution in [0.5, 0.6) is 0 Å². The predicted octanol–water partition coefficient (Wildman–Crippen LogP) is -0.229. The number of hydrazine groups is 2. The van der Waals surface area contributed by atoms with Crippen molar-refractivity contribution >= 4 is 47.8 Å². The fourth-order valence-electron chi connectivity index (χ4n) is 7.19. The van der Waals surface area contributed by atoms with Crippen molar-refractivity contribution in [3.05, 3.63) is 0 Å². The molecule has 3 aliphatic rings. The number of rotatable bonds is 11. The zero-order valence-corrected chi connectivity index (χ0v) is 34.4. The summed E-state index contributed by atoms with van der Waals surface area (Å²) in [6.07, 6.45) is 1.49. The minimum Gasteiger partial charge on any atom is -0.458 e. The number of nitrogens with zero attached hydrogens (tertiary/aromatic N) is 2. The van der Waals surface area contributed by atoms with Crippen LogP contribution in [0.3, 0.4) is 0 Å². The summed E-state index contributed by atoms with van der Waals surface area (Å²) >= 11 is 0. The van der Waals surface area contributed by atoms with Gasteiger partial charge in [0.2, 0.25) is 30.0 Å². The summed E-state index contributed by atoms with van der Waals surface area (Å²) in [5.74, 6) is -5.76. The SMILES string of the molecule is CC[C@H](C)[C@H](NC=O)C(=O)N[C@H]1C(=O)N[C@H](CC(C)C)C(=O)N[C@@H](C(C)C)C(=O)N2NCCC[C@H]2C(=O)N[C@H](CC(C)C)C(=O)N2NCCC[C@@H]2C(=O)O[C@H]1C. The Hall–Kier alpha value is -4.32. The molecule has 3 saturated heterocycles. The molecule has 3 fully saturated rings. The van der Waals surface area contributed by atoms with Gasteiger partial charge in [0.15, 0.2) is 0 Å². The first-order valence-electron chi connectivity index (χ1n) is 20.2. The summed E-state index contributed by atoms with van der Waals surface area (Å²) in [5, 5.41) is 15.9. The molecule has 0 saturated carbocycles. The molecule has 18 nitrogen and oxygen atoms in total. The Balaban J connectivity index is 2.17. The molecule has 18 heteroatoms. The lowest BCUT2D eigenvalue weighted by atomic mass is 9.97. The molecule has 7 N–H and O–H groups in total. The quantitative estimate of drug-likeness (QED) is 0.107. The molecule has 0 bridgehead atoms. The van der Waals surface area contributed by atoms with Crippen molar-refractivity contribution in [2.75, 3.05) is 13.1 Å². The Kier molecular flexibility index (Phi) is 17.5. The molecule has 0 spiro atoms. The van der Waals surface area contributed by atoms with Crippen molar-refractivity contribution < 1.29 is 43.1 Å². The molecular formula is C38H65N9O9. The third kappa shape index (κ3) is 12.1. The van der Waals surface area contributed by atoms with E-state index in [1.807, 2.05) is 34.6 Å². The Morgan fingerprint density at radius 2 is 1.34 bits per heavy atom. The molecule has 0 aromatic heterocycles. The van der Waals surface area contributed by atoms with Gasteiger partial charge >= 0.3 is 5.97 Å². The van der Waals surface area contributed by atoms with Crippen LogP contribution < -0.4 is 37.4 Å². The molecule has 0 aromatic carbocycles. The van der Waals surface area contributed by atoms with Crippen LogP contribution in [-0.4, -0.2) is 119 Å². The van der Waals surface area contributed by atoms with E-state index in [0.717, 1.165) is 0 Å². The number of ether oxygens (including phenoxy) is 1. The number of nitrogens with one attached hydrogen (secondary N) is 7. The zero-order chi connectivity index (χ0) is 41.9. The molecule has 7 amide bonds. The molecule has 0 unspecified atom stereocenters. The lowest BCUT2D eigenvalue weighted by Crippen LogP contribution is -2.66. The van der Waals surface area contributed by atoms with Gasteiger partial charge in [-0.25, -0.2) is 15.6 Å². The maximum absolute atomic E-state index is 14.3. The summed E-state index contributed by atoms with van der Waals surface area (Å²) in [7, 11) is 0. The minimum atomic E-state index is -1.55. The highest BCUT2D eigenvalue weighted by Crippen LogP contribution is 2.21. The van der Waals surface area contributed by atoms with Gasteiger partial charge < -0.3 is 31.3 Å². The van der Waals surface area contributed by atoms with Crippen molar-refractivity contribution in [1.82, 2.24) is 47.5 Å². The molecule has 9 atom stereocenters. The van der Waals surface area contributed by atoms with Gasteiger partial charge in [0, 0.05) is 13.1 Å². The number of carbonyl (C=O) groups excluding carboxylic acids is 8. The number of hydrogen-bond donors (Lipinski definition) is 7. The lowest BCUT2D eigenvalue weighted by Gasteiger charge is -2.40. The van der Waals surface area contributed by atoms with Crippen LogP contribution >= 0.6 is 0 Å². The van der Waals surface area contributed by atoms with Crippen LogP contribution in [0.1, 0.15) is 107 Å². The molecule has 0 radical (unpaired) electrons. The van der Waals surface area contributed by atoms with Crippen LogP contribution in [0.2, 0.25) is 0 Å². The molecule has 0 aromatic rings.